The molecule has 3 aromatic rings. The lowest BCUT2D eigenvalue weighted by Crippen LogP contribution is -2.12. The molecule has 0 atom stereocenters. The number of rotatable bonds is 4. The quantitative estimate of drug-likeness (QED) is 0.577. The molecule has 0 aliphatic rings. The monoisotopic (exact) mass is 340 g/mol. The van der Waals surface area contributed by atoms with Gasteiger partial charge in [0, 0.05) is 41.0 Å². The second-order valence-electron chi connectivity index (χ2n) is 5.04. The fraction of sp³-hybridized carbons (Fsp3) is 0.0625. The number of anilines is 1. The van der Waals surface area contributed by atoms with Crippen LogP contribution >= 0.6 is 11.3 Å². The highest BCUT2D eigenvalue weighted by Gasteiger charge is 2.15. The summed E-state index contributed by atoms with van der Waals surface area (Å²) in [5.74, 6) is -0.0330. The van der Waals surface area contributed by atoms with Crippen LogP contribution in [0.4, 0.5) is 11.5 Å². The molecule has 120 valence electrons. The molecule has 7 nitrogen and oxygen atoms in total. The Hall–Kier alpha value is -3.13. The van der Waals surface area contributed by atoms with Gasteiger partial charge in [-0.15, -0.1) is 11.3 Å². The average Bonchev–Trinajstić information content (AvgIpc) is 3.03. The fourth-order valence-corrected chi connectivity index (χ4v) is 2.90. The minimum Gasteiger partial charge on any atom is -0.306 e. The third-order valence-electron chi connectivity index (χ3n) is 3.21. The molecule has 0 spiro atoms. The van der Waals surface area contributed by atoms with Crippen molar-refractivity contribution in [3.05, 3.63) is 69.3 Å². The maximum atomic E-state index is 12.3. The highest BCUT2D eigenvalue weighted by atomic mass is 32.1. The molecule has 0 aliphatic carbocycles. The van der Waals surface area contributed by atoms with Gasteiger partial charge in [-0.3, -0.25) is 19.9 Å². The lowest BCUT2D eigenvalue weighted by Gasteiger charge is -2.03. The van der Waals surface area contributed by atoms with Crippen LogP contribution in [-0.2, 0) is 0 Å². The Kier molecular flexibility index (Phi) is 4.30. The number of aryl methyl sites for hydroxylation is 1. The van der Waals surface area contributed by atoms with Crippen LogP contribution < -0.4 is 5.32 Å². The van der Waals surface area contributed by atoms with E-state index < -0.39 is 10.8 Å². The molecule has 1 aromatic carbocycles. The summed E-state index contributed by atoms with van der Waals surface area (Å²) in [6.45, 7) is 1.70. The van der Waals surface area contributed by atoms with Crippen molar-refractivity contribution >= 4 is 28.7 Å². The van der Waals surface area contributed by atoms with Crippen LogP contribution in [0.3, 0.4) is 0 Å². The summed E-state index contributed by atoms with van der Waals surface area (Å²) >= 11 is 1.39. The van der Waals surface area contributed by atoms with Crippen LogP contribution in [0.5, 0.6) is 0 Å². The standard InChI is InChI=1S/C16H12N4O3S/c1-10-6-12(8-13(7-10)20(22)23)15(21)18-14-9-24-16(19-14)11-2-4-17-5-3-11/h2-9H,1H3,(H,18,21). The molecule has 8 heteroatoms. The Bertz CT molecular complexity index is 909. The first-order valence-electron chi connectivity index (χ1n) is 6.96. The van der Waals surface area contributed by atoms with E-state index in [9.17, 15) is 14.9 Å². The van der Waals surface area contributed by atoms with E-state index in [0.29, 0.717) is 11.4 Å². The van der Waals surface area contributed by atoms with Crippen molar-refractivity contribution in [2.24, 2.45) is 0 Å². The molecule has 1 N–H and O–H groups in total. The van der Waals surface area contributed by atoms with Gasteiger partial charge >= 0.3 is 0 Å². The summed E-state index contributed by atoms with van der Waals surface area (Å²) in [5, 5.41) is 16.0. The number of carbonyl (C=O) groups is 1. The number of hydrogen-bond donors (Lipinski definition) is 1. The molecular formula is C16H12N4O3S. The summed E-state index contributed by atoms with van der Waals surface area (Å²) in [6.07, 6.45) is 3.34. The van der Waals surface area contributed by atoms with Gasteiger partial charge < -0.3 is 5.32 Å². The number of non-ortho nitro benzene ring substituents is 1. The van der Waals surface area contributed by atoms with E-state index in [0.717, 1.165) is 10.6 Å². The second-order valence-corrected chi connectivity index (χ2v) is 5.90. The van der Waals surface area contributed by atoms with E-state index >= 15 is 0 Å². The molecule has 2 aromatic heterocycles. The van der Waals surface area contributed by atoms with E-state index in [4.69, 9.17) is 0 Å². The number of nitro groups is 1. The predicted octanol–water partition coefficient (Wildman–Crippen LogP) is 3.67. The van der Waals surface area contributed by atoms with Gasteiger partial charge in [0.05, 0.1) is 4.92 Å². The normalized spacial score (nSPS) is 10.4. The summed E-state index contributed by atoms with van der Waals surface area (Å²) in [5.41, 5.74) is 1.66. The van der Waals surface area contributed by atoms with Gasteiger partial charge in [-0.05, 0) is 30.7 Å². The number of nitrogens with one attached hydrogen (secondary N) is 1. The van der Waals surface area contributed by atoms with Crippen molar-refractivity contribution in [1.82, 2.24) is 9.97 Å². The Balaban J connectivity index is 1.81. The minimum absolute atomic E-state index is 0.115. The van der Waals surface area contributed by atoms with Crippen LogP contribution in [0.25, 0.3) is 10.6 Å². The molecule has 0 bridgehead atoms. The van der Waals surface area contributed by atoms with Crippen molar-refractivity contribution in [2.75, 3.05) is 5.32 Å². The lowest BCUT2D eigenvalue weighted by atomic mass is 10.1. The van der Waals surface area contributed by atoms with E-state index in [2.05, 4.69) is 15.3 Å². The zero-order valence-corrected chi connectivity index (χ0v) is 13.4. The summed E-state index contributed by atoms with van der Waals surface area (Å²) in [6, 6.07) is 7.92. The molecule has 0 saturated heterocycles. The van der Waals surface area contributed by atoms with E-state index in [1.165, 1.54) is 23.5 Å². The molecule has 0 aliphatic heterocycles. The highest BCUT2D eigenvalue weighted by Crippen LogP contribution is 2.25. The Morgan fingerprint density at radius 2 is 2.00 bits per heavy atom. The molecule has 3 rings (SSSR count). The first-order valence-corrected chi connectivity index (χ1v) is 7.84. The SMILES string of the molecule is Cc1cc(C(=O)Nc2csc(-c3ccncc3)n2)cc([N+](=O)[O-])c1. The topological polar surface area (TPSA) is 98.0 Å². The largest absolute Gasteiger partial charge is 0.306 e. The first-order chi connectivity index (χ1) is 11.5. The van der Waals surface area contributed by atoms with Gasteiger partial charge in [-0.1, -0.05) is 0 Å². The van der Waals surface area contributed by atoms with E-state index in [1.54, 1.807) is 30.8 Å². The molecule has 1 amide bonds. The molecule has 24 heavy (non-hydrogen) atoms. The van der Waals surface area contributed by atoms with Gasteiger partial charge in [0.1, 0.15) is 10.8 Å². The van der Waals surface area contributed by atoms with Crippen LogP contribution in [0.1, 0.15) is 15.9 Å². The molecule has 2 heterocycles. The molecule has 0 unspecified atom stereocenters. The summed E-state index contributed by atoms with van der Waals surface area (Å²) < 4.78 is 0. The highest BCUT2D eigenvalue weighted by molar-refractivity contribution is 7.13. The average molecular weight is 340 g/mol. The zero-order chi connectivity index (χ0) is 17.1. The fourth-order valence-electron chi connectivity index (χ4n) is 2.15. The number of aromatic nitrogens is 2. The maximum absolute atomic E-state index is 12.3. The molecule has 0 saturated carbocycles. The molecule has 0 radical (unpaired) electrons. The third kappa shape index (κ3) is 3.44. The van der Waals surface area contributed by atoms with Crippen molar-refractivity contribution in [3.8, 4) is 10.6 Å². The predicted molar refractivity (Wildman–Crippen MR) is 91.1 cm³/mol. The van der Waals surface area contributed by atoms with Crippen molar-refractivity contribution < 1.29 is 9.72 Å². The smallest absolute Gasteiger partial charge is 0.270 e. The van der Waals surface area contributed by atoms with Crippen LogP contribution in [0, 0.1) is 17.0 Å². The number of thiazole rings is 1. The number of amides is 1. The number of carbonyl (C=O) groups excluding carboxylic acids is 1. The number of benzene rings is 1. The van der Waals surface area contributed by atoms with E-state index in [1.807, 2.05) is 12.1 Å². The van der Waals surface area contributed by atoms with Gasteiger partial charge in [0.25, 0.3) is 11.6 Å². The van der Waals surface area contributed by atoms with Crippen LogP contribution in [0.15, 0.2) is 48.1 Å². The Morgan fingerprint density at radius 3 is 2.71 bits per heavy atom. The van der Waals surface area contributed by atoms with Gasteiger partial charge in [-0.2, -0.15) is 0 Å². The van der Waals surface area contributed by atoms with Gasteiger partial charge in [0.15, 0.2) is 0 Å². The second kappa shape index (κ2) is 6.55. The van der Waals surface area contributed by atoms with Crippen molar-refractivity contribution in [2.45, 2.75) is 6.92 Å². The number of pyridine rings is 1. The zero-order valence-electron chi connectivity index (χ0n) is 12.6. The number of nitro benzene ring substituents is 1. The lowest BCUT2D eigenvalue weighted by molar-refractivity contribution is -0.384. The molecule has 0 fully saturated rings. The third-order valence-corrected chi connectivity index (χ3v) is 4.10. The van der Waals surface area contributed by atoms with Crippen LogP contribution in [-0.4, -0.2) is 20.8 Å². The summed E-state index contributed by atoms with van der Waals surface area (Å²) in [4.78, 5) is 31.0. The minimum atomic E-state index is -0.520. The Morgan fingerprint density at radius 1 is 1.25 bits per heavy atom. The van der Waals surface area contributed by atoms with Gasteiger partial charge in [-0.25, -0.2) is 4.98 Å². The van der Waals surface area contributed by atoms with Crippen molar-refractivity contribution in [3.63, 3.8) is 0 Å². The molecular weight excluding hydrogens is 328 g/mol. The van der Waals surface area contributed by atoms with Gasteiger partial charge in [0.2, 0.25) is 0 Å². The maximum Gasteiger partial charge on any atom is 0.270 e. The van der Waals surface area contributed by atoms with Crippen LogP contribution in [0.2, 0.25) is 0 Å². The Labute approximate surface area is 141 Å². The van der Waals surface area contributed by atoms with Crippen molar-refractivity contribution in [1.29, 1.82) is 0 Å². The number of hydrogen-bond acceptors (Lipinski definition) is 6. The first kappa shape index (κ1) is 15.8. The van der Waals surface area contributed by atoms with E-state index in [-0.39, 0.29) is 11.3 Å². The number of nitrogens with zero attached hydrogens (tertiary/aromatic N) is 3. The summed E-state index contributed by atoms with van der Waals surface area (Å²) in [7, 11) is 0.